The molecule has 0 saturated heterocycles. The second-order valence-electron chi connectivity index (χ2n) is 9.21. The second-order valence-corrected chi connectivity index (χ2v) is 9.21. The number of hydrogen-bond acceptors (Lipinski definition) is 4. The number of aldehydes is 1. The van der Waals surface area contributed by atoms with Gasteiger partial charge in [-0.25, -0.2) is 4.79 Å². The molecule has 1 aliphatic rings. The van der Waals surface area contributed by atoms with E-state index in [0.29, 0.717) is 38.8 Å². The van der Waals surface area contributed by atoms with E-state index in [1.807, 2.05) is 12.1 Å². The number of carboxylic acid groups (broad SMARTS) is 1. The summed E-state index contributed by atoms with van der Waals surface area (Å²) in [6.45, 7) is 2.73. The Morgan fingerprint density at radius 2 is 1.81 bits per heavy atom. The Morgan fingerprint density at radius 3 is 2.56 bits per heavy atom. The molecule has 0 radical (unpaired) electrons. The smallest absolute Gasteiger partial charge is 0.407 e. The van der Waals surface area contributed by atoms with Crippen LogP contribution in [0.2, 0.25) is 0 Å². The minimum absolute atomic E-state index is 0.384. The molecule has 188 valence electrons. The van der Waals surface area contributed by atoms with Gasteiger partial charge in [-0.15, -0.1) is 0 Å². The summed E-state index contributed by atoms with van der Waals surface area (Å²) in [4.78, 5) is 26.1. The molecule has 36 heavy (non-hydrogen) atoms. The van der Waals surface area contributed by atoms with Gasteiger partial charge in [-0.1, -0.05) is 42.5 Å². The first-order valence-electron chi connectivity index (χ1n) is 12.6. The van der Waals surface area contributed by atoms with Crippen molar-refractivity contribution in [3.05, 3.63) is 83.4 Å². The number of fused-ring (bicyclic) bond motifs is 1. The lowest BCUT2D eigenvalue weighted by Gasteiger charge is -2.20. The number of carbonyl (C=O) groups is 2. The van der Waals surface area contributed by atoms with E-state index in [9.17, 15) is 14.7 Å². The molecule has 6 heteroatoms. The average molecular weight is 487 g/mol. The molecule has 0 aliphatic carbocycles. The van der Waals surface area contributed by atoms with E-state index in [4.69, 9.17) is 4.74 Å². The molecule has 0 saturated carbocycles. The van der Waals surface area contributed by atoms with E-state index in [-0.39, 0.29) is 0 Å². The summed E-state index contributed by atoms with van der Waals surface area (Å²) in [5, 5.41) is 9.59. The number of amides is 1. The summed E-state index contributed by atoms with van der Waals surface area (Å²) < 4.78 is 5.58. The minimum atomic E-state index is -0.935. The van der Waals surface area contributed by atoms with E-state index >= 15 is 0 Å². The predicted octanol–water partition coefficient (Wildman–Crippen LogP) is 5.82. The average Bonchev–Trinajstić information content (AvgIpc) is 3.30. The molecule has 3 aromatic rings. The lowest BCUT2D eigenvalue weighted by molar-refractivity contribution is -0.107. The fourth-order valence-corrected chi connectivity index (χ4v) is 4.86. The first-order chi connectivity index (χ1) is 17.6. The van der Waals surface area contributed by atoms with Crippen LogP contribution in [0.3, 0.4) is 0 Å². The highest BCUT2D eigenvalue weighted by atomic mass is 16.5. The summed E-state index contributed by atoms with van der Waals surface area (Å²) in [7, 11) is 1.64. The van der Waals surface area contributed by atoms with E-state index in [1.54, 1.807) is 7.11 Å². The maximum Gasteiger partial charge on any atom is 0.407 e. The van der Waals surface area contributed by atoms with Crippen LogP contribution in [0.1, 0.15) is 36.0 Å². The third-order valence-corrected chi connectivity index (χ3v) is 6.82. The van der Waals surface area contributed by atoms with E-state index in [2.05, 4.69) is 59.5 Å². The van der Waals surface area contributed by atoms with Crippen molar-refractivity contribution >= 4 is 18.1 Å². The van der Waals surface area contributed by atoms with E-state index < -0.39 is 6.09 Å². The molecule has 0 fully saturated rings. The highest BCUT2D eigenvalue weighted by molar-refractivity contribution is 5.72. The summed E-state index contributed by atoms with van der Waals surface area (Å²) in [6.07, 6.45) is 3.37. The molecule has 0 atom stereocenters. The molecule has 0 aromatic heterocycles. The van der Waals surface area contributed by atoms with Crippen molar-refractivity contribution in [3.63, 3.8) is 0 Å². The van der Waals surface area contributed by atoms with Crippen molar-refractivity contribution in [3.8, 4) is 16.9 Å². The molecule has 1 heterocycles. The summed E-state index contributed by atoms with van der Waals surface area (Å²) >= 11 is 0. The zero-order chi connectivity index (χ0) is 25.3. The molecule has 1 N–H and O–H groups in total. The molecular formula is C30H34N2O4. The van der Waals surface area contributed by atoms with Gasteiger partial charge in [0.05, 0.1) is 7.11 Å². The third-order valence-electron chi connectivity index (χ3n) is 6.82. The van der Waals surface area contributed by atoms with Gasteiger partial charge in [0.1, 0.15) is 12.0 Å². The fraction of sp³-hybridized carbons (Fsp3) is 0.333. The largest absolute Gasteiger partial charge is 0.496 e. The quantitative estimate of drug-likeness (QED) is 0.258. The number of unbranched alkanes of at least 4 members (excludes halogenated alkanes) is 2. The first kappa shape index (κ1) is 25.3. The number of ether oxygens (including phenoxy) is 1. The molecular weight excluding hydrogens is 452 g/mol. The van der Waals surface area contributed by atoms with Gasteiger partial charge < -0.3 is 24.4 Å². The Kier molecular flexibility index (Phi) is 8.61. The minimum Gasteiger partial charge on any atom is -0.496 e. The second kappa shape index (κ2) is 12.2. The van der Waals surface area contributed by atoms with Gasteiger partial charge in [0.2, 0.25) is 0 Å². The molecule has 6 nitrogen and oxygen atoms in total. The van der Waals surface area contributed by atoms with Gasteiger partial charge in [0.15, 0.2) is 0 Å². The van der Waals surface area contributed by atoms with Crippen LogP contribution in [0.25, 0.3) is 11.1 Å². The maximum absolute atomic E-state index is 11.7. The number of methoxy groups -OCH3 is 1. The summed E-state index contributed by atoms with van der Waals surface area (Å²) in [5.74, 6) is 0.764. The molecule has 0 unspecified atom stereocenters. The van der Waals surface area contributed by atoms with Gasteiger partial charge in [-0.05, 0) is 77.8 Å². The van der Waals surface area contributed by atoms with Crippen LogP contribution in [0.4, 0.5) is 10.5 Å². The number of rotatable bonds is 12. The lowest BCUT2D eigenvalue weighted by atomic mass is 9.98. The van der Waals surface area contributed by atoms with Crippen LogP contribution < -0.4 is 9.64 Å². The van der Waals surface area contributed by atoms with Crippen molar-refractivity contribution < 1.29 is 19.4 Å². The van der Waals surface area contributed by atoms with Crippen LogP contribution >= 0.6 is 0 Å². The van der Waals surface area contributed by atoms with Crippen LogP contribution in [-0.4, -0.2) is 49.1 Å². The van der Waals surface area contributed by atoms with Crippen molar-refractivity contribution in [2.45, 2.75) is 38.6 Å². The van der Waals surface area contributed by atoms with Crippen LogP contribution in [0.5, 0.6) is 5.75 Å². The Balaban J connectivity index is 1.47. The van der Waals surface area contributed by atoms with Crippen LogP contribution in [-0.2, 0) is 24.2 Å². The third kappa shape index (κ3) is 6.25. The van der Waals surface area contributed by atoms with Crippen molar-refractivity contribution in [2.24, 2.45) is 0 Å². The van der Waals surface area contributed by atoms with Crippen molar-refractivity contribution in [1.82, 2.24) is 4.90 Å². The number of nitrogens with zero attached hydrogens (tertiary/aromatic N) is 2. The molecule has 4 rings (SSSR count). The van der Waals surface area contributed by atoms with Crippen LogP contribution in [0, 0.1) is 0 Å². The predicted molar refractivity (Wildman–Crippen MR) is 143 cm³/mol. The SMILES string of the molecule is COc1ccc(-c2ccc3c(c2)CCN3Cc2ccccc2)cc1CCN(CCCCC=O)C(=O)O. The topological polar surface area (TPSA) is 70.1 Å². The number of hydrogen-bond donors (Lipinski definition) is 1. The van der Waals surface area contributed by atoms with Crippen molar-refractivity contribution in [2.75, 3.05) is 31.6 Å². The summed E-state index contributed by atoms with van der Waals surface area (Å²) in [6, 6.07) is 23.4. The lowest BCUT2D eigenvalue weighted by Crippen LogP contribution is -2.32. The zero-order valence-corrected chi connectivity index (χ0v) is 20.9. The van der Waals surface area contributed by atoms with Gasteiger partial charge in [0.25, 0.3) is 0 Å². The van der Waals surface area contributed by atoms with Crippen LogP contribution in [0.15, 0.2) is 66.7 Å². The van der Waals surface area contributed by atoms with Gasteiger partial charge in [-0.2, -0.15) is 0 Å². The Labute approximate surface area is 213 Å². The maximum atomic E-state index is 11.7. The molecule has 1 amide bonds. The van der Waals surface area contributed by atoms with E-state index in [1.165, 1.54) is 21.7 Å². The van der Waals surface area contributed by atoms with Gasteiger partial charge in [-0.3, -0.25) is 0 Å². The normalized spacial score (nSPS) is 12.3. The fourth-order valence-electron chi connectivity index (χ4n) is 4.86. The Hall–Kier alpha value is -3.80. The standard InChI is InChI=1S/C30H34N2O4/c1-36-29-13-11-25(21-27(29)15-17-31(30(34)35)16-6-3-7-19-33)24-10-12-28-26(20-24)14-18-32(28)22-23-8-4-2-5-9-23/h2,4-5,8-13,19-21H,3,6-7,14-18,22H2,1H3,(H,34,35). The molecule has 0 bridgehead atoms. The van der Waals surface area contributed by atoms with Gasteiger partial charge in [0, 0.05) is 38.3 Å². The van der Waals surface area contributed by atoms with Crippen molar-refractivity contribution in [1.29, 1.82) is 0 Å². The number of carbonyl (C=O) groups excluding carboxylic acids is 1. The highest BCUT2D eigenvalue weighted by Gasteiger charge is 2.20. The number of benzene rings is 3. The first-order valence-corrected chi connectivity index (χ1v) is 12.6. The highest BCUT2D eigenvalue weighted by Crippen LogP contribution is 2.34. The monoisotopic (exact) mass is 486 g/mol. The molecule has 1 aliphatic heterocycles. The molecule has 3 aromatic carbocycles. The zero-order valence-electron chi connectivity index (χ0n) is 20.9. The number of anilines is 1. The Bertz CT molecular complexity index is 1180. The Morgan fingerprint density at radius 1 is 1.03 bits per heavy atom. The summed E-state index contributed by atoms with van der Waals surface area (Å²) in [5.41, 5.74) is 7.20. The van der Waals surface area contributed by atoms with Gasteiger partial charge >= 0.3 is 6.09 Å². The van der Waals surface area contributed by atoms with E-state index in [0.717, 1.165) is 48.2 Å². The molecule has 0 spiro atoms.